The van der Waals surface area contributed by atoms with E-state index in [-0.39, 0.29) is 5.92 Å². The molecule has 0 spiro atoms. The third kappa shape index (κ3) is 3.17. The molecule has 1 aliphatic heterocycles. The van der Waals surface area contributed by atoms with Crippen LogP contribution in [-0.2, 0) is 4.79 Å². The van der Waals surface area contributed by atoms with Gasteiger partial charge in [0.15, 0.2) is 0 Å². The highest BCUT2D eigenvalue weighted by Crippen LogP contribution is 2.29. The van der Waals surface area contributed by atoms with Gasteiger partial charge in [-0.05, 0) is 19.2 Å². The summed E-state index contributed by atoms with van der Waals surface area (Å²) in [5.41, 5.74) is 0.964. The summed E-state index contributed by atoms with van der Waals surface area (Å²) in [6.07, 6.45) is 0. The summed E-state index contributed by atoms with van der Waals surface area (Å²) >= 11 is 0. The monoisotopic (exact) mass is 264 g/mol. The third-order valence-corrected chi connectivity index (χ3v) is 3.50. The molecule has 1 unspecified atom stereocenters. The van der Waals surface area contributed by atoms with Crippen LogP contribution in [0.15, 0.2) is 24.3 Å². The normalized spacial score (nSPS) is 20.9. The first-order valence-electron chi connectivity index (χ1n) is 6.41. The second kappa shape index (κ2) is 5.93. The molecule has 1 aromatic carbocycles. The molecule has 0 bridgehead atoms. The Kier molecular flexibility index (Phi) is 4.27. The van der Waals surface area contributed by atoms with Gasteiger partial charge in [0, 0.05) is 26.2 Å². The molecular formula is C14H20N2O3. The molecule has 1 aromatic rings. The summed E-state index contributed by atoms with van der Waals surface area (Å²) < 4.78 is 5.36. The topological polar surface area (TPSA) is 53.0 Å². The predicted octanol–water partition coefficient (Wildman–Crippen LogP) is 1.15. The minimum atomic E-state index is -0.742. The minimum Gasteiger partial charge on any atom is -0.495 e. The van der Waals surface area contributed by atoms with Crippen LogP contribution in [0.5, 0.6) is 5.75 Å². The van der Waals surface area contributed by atoms with E-state index in [2.05, 4.69) is 9.80 Å². The zero-order chi connectivity index (χ0) is 13.8. The van der Waals surface area contributed by atoms with Crippen LogP contribution in [0.4, 0.5) is 5.69 Å². The first-order chi connectivity index (χ1) is 9.11. The van der Waals surface area contributed by atoms with Gasteiger partial charge in [-0.3, -0.25) is 4.79 Å². The molecule has 0 aromatic heterocycles. The Balaban J connectivity index is 2.25. The van der Waals surface area contributed by atoms with Gasteiger partial charge in [-0.15, -0.1) is 0 Å². The van der Waals surface area contributed by atoms with Gasteiger partial charge in [0.25, 0.3) is 0 Å². The second-order valence-corrected chi connectivity index (χ2v) is 4.92. The smallest absolute Gasteiger partial charge is 0.309 e. The lowest BCUT2D eigenvalue weighted by Crippen LogP contribution is -2.34. The molecule has 19 heavy (non-hydrogen) atoms. The molecule has 1 atom stereocenters. The number of hydrogen-bond donors (Lipinski definition) is 1. The Hall–Kier alpha value is -1.75. The van der Waals surface area contributed by atoms with E-state index in [1.54, 1.807) is 7.11 Å². The number of aliphatic carboxylic acids is 1. The summed E-state index contributed by atoms with van der Waals surface area (Å²) in [5.74, 6) is -0.331. The highest BCUT2D eigenvalue weighted by molar-refractivity contribution is 5.72. The second-order valence-electron chi connectivity index (χ2n) is 4.92. The fraction of sp³-hybridized carbons (Fsp3) is 0.500. The summed E-state index contributed by atoms with van der Waals surface area (Å²) in [4.78, 5) is 15.5. The molecule has 0 radical (unpaired) electrons. The summed E-state index contributed by atoms with van der Waals surface area (Å²) in [5, 5.41) is 9.29. The molecular weight excluding hydrogens is 244 g/mol. The number of para-hydroxylation sites is 2. The number of nitrogens with zero attached hydrogens (tertiary/aromatic N) is 2. The Bertz CT molecular complexity index is 450. The van der Waals surface area contributed by atoms with Crippen molar-refractivity contribution >= 4 is 11.7 Å². The number of methoxy groups -OCH3 is 1. The van der Waals surface area contributed by atoms with Crippen LogP contribution >= 0.6 is 0 Å². The Morgan fingerprint density at radius 1 is 1.32 bits per heavy atom. The van der Waals surface area contributed by atoms with Gasteiger partial charge in [-0.1, -0.05) is 12.1 Å². The van der Waals surface area contributed by atoms with Crippen LogP contribution < -0.4 is 9.64 Å². The van der Waals surface area contributed by atoms with Gasteiger partial charge in [-0.2, -0.15) is 0 Å². The van der Waals surface area contributed by atoms with E-state index in [4.69, 9.17) is 4.74 Å². The first-order valence-corrected chi connectivity index (χ1v) is 6.41. The number of rotatable bonds is 3. The van der Waals surface area contributed by atoms with Crippen molar-refractivity contribution in [3.63, 3.8) is 0 Å². The number of ether oxygens (including phenoxy) is 1. The number of hydrogen-bond acceptors (Lipinski definition) is 4. The predicted molar refractivity (Wildman–Crippen MR) is 73.8 cm³/mol. The molecule has 104 valence electrons. The summed E-state index contributed by atoms with van der Waals surface area (Å²) in [7, 11) is 3.60. The standard InChI is InChI=1S/C14H20N2O3/c1-15-7-8-16(10-11(9-15)14(17)18)12-5-3-4-6-13(12)19-2/h3-6,11H,7-10H2,1-2H3,(H,17,18). The lowest BCUT2D eigenvalue weighted by atomic mass is 10.1. The van der Waals surface area contributed by atoms with Crippen molar-refractivity contribution in [2.45, 2.75) is 0 Å². The van der Waals surface area contributed by atoms with E-state index in [0.29, 0.717) is 13.1 Å². The van der Waals surface area contributed by atoms with Crippen LogP contribution in [0, 0.1) is 5.92 Å². The highest BCUT2D eigenvalue weighted by atomic mass is 16.5. The fourth-order valence-electron chi connectivity index (χ4n) is 2.44. The molecule has 0 amide bonds. The fourth-order valence-corrected chi connectivity index (χ4v) is 2.44. The van der Waals surface area contributed by atoms with Gasteiger partial charge >= 0.3 is 5.97 Å². The third-order valence-electron chi connectivity index (χ3n) is 3.50. The maximum Gasteiger partial charge on any atom is 0.309 e. The lowest BCUT2D eigenvalue weighted by Gasteiger charge is -2.26. The molecule has 5 nitrogen and oxygen atoms in total. The first kappa shape index (κ1) is 13.7. The maximum absolute atomic E-state index is 11.3. The van der Waals surface area contributed by atoms with E-state index in [0.717, 1.165) is 24.5 Å². The van der Waals surface area contributed by atoms with Gasteiger partial charge in [-0.25, -0.2) is 0 Å². The summed E-state index contributed by atoms with van der Waals surface area (Å²) in [6.45, 7) is 2.75. The number of anilines is 1. The van der Waals surface area contributed by atoms with E-state index in [1.807, 2.05) is 31.3 Å². The molecule has 0 aliphatic carbocycles. The van der Waals surface area contributed by atoms with Crippen molar-refractivity contribution in [3.05, 3.63) is 24.3 Å². The number of carboxylic acids is 1. The molecule has 1 fully saturated rings. The zero-order valence-electron chi connectivity index (χ0n) is 11.4. The van der Waals surface area contributed by atoms with Crippen molar-refractivity contribution in [2.75, 3.05) is 45.2 Å². The van der Waals surface area contributed by atoms with E-state index in [1.165, 1.54) is 0 Å². The average Bonchev–Trinajstić information content (AvgIpc) is 2.61. The Labute approximate surface area is 113 Å². The zero-order valence-corrected chi connectivity index (χ0v) is 11.4. The minimum absolute atomic E-state index is 0.377. The number of carboxylic acid groups (broad SMARTS) is 1. The largest absolute Gasteiger partial charge is 0.495 e. The molecule has 1 aliphatic rings. The molecule has 0 saturated carbocycles. The molecule has 1 N–H and O–H groups in total. The van der Waals surface area contributed by atoms with Crippen LogP contribution in [0.2, 0.25) is 0 Å². The van der Waals surface area contributed by atoms with Crippen molar-refractivity contribution in [2.24, 2.45) is 5.92 Å². The average molecular weight is 264 g/mol. The van der Waals surface area contributed by atoms with Crippen LogP contribution in [0.25, 0.3) is 0 Å². The number of benzene rings is 1. The number of carbonyl (C=O) groups is 1. The van der Waals surface area contributed by atoms with E-state index in [9.17, 15) is 9.90 Å². The van der Waals surface area contributed by atoms with Crippen LogP contribution in [0.3, 0.4) is 0 Å². The van der Waals surface area contributed by atoms with Crippen LogP contribution in [-0.4, -0.2) is 56.3 Å². The van der Waals surface area contributed by atoms with Gasteiger partial charge in [0.2, 0.25) is 0 Å². The van der Waals surface area contributed by atoms with Crippen molar-refractivity contribution in [1.29, 1.82) is 0 Å². The van der Waals surface area contributed by atoms with Gasteiger partial charge < -0.3 is 19.6 Å². The van der Waals surface area contributed by atoms with Gasteiger partial charge in [0.1, 0.15) is 5.75 Å². The van der Waals surface area contributed by atoms with E-state index < -0.39 is 5.97 Å². The molecule has 1 heterocycles. The molecule has 5 heteroatoms. The van der Waals surface area contributed by atoms with Crippen molar-refractivity contribution in [1.82, 2.24) is 4.90 Å². The SMILES string of the molecule is COc1ccccc1N1CCN(C)CC(C(=O)O)C1. The van der Waals surface area contributed by atoms with Gasteiger partial charge in [0.05, 0.1) is 18.7 Å². The lowest BCUT2D eigenvalue weighted by molar-refractivity contribution is -0.141. The summed E-state index contributed by atoms with van der Waals surface area (Å²) in [6, 6.07) is 7.74. The molecule has 1 saturated heterocycles. The van der Waals surface area contributed by atoms with Crippen molar-refractivity contribution < 1.29 is 14.6 Å². The highest BCUT2D eigenvalue weighted by Gasteiger charge is 2.27. The quantitative estimate of drug-likeness (QED) is 0.887. The number of likely N-dealkylation sites (N-methyl/N-ethyl adjacent to an activating group) is 1. The maximum atomic E-state index is 11.3. The van der Waals surface area contributed by atoms with Crippen molar-refractivity contribution in [3.8, 4) is 5.75 Å². The van der Waals surface area contributed by atoms with Crippen LogP contribution in [0.1, 0.15) is 0 Å². The molecule has 2 rings (SSSR count). The Morgan fingerprint density at radius 3 is 2.74 bits per heavy atom. The Morgan fingerprint density at radius 2 is 2.05 bits per heavy atom. The van der Waals surface area contributed by atoms with E-state index >= 15 is 0 Å².